The molecular weight excluding hydrogens is 246 g/mol. The van der Waals surface area contributed by atoms with Crippen molar-refractivity contribution in [2.75, 3.05) is 5.73 Å². The molecule has 0 spiro atoms. The van der Waals surface area contributed by atoms with E-state index in [0.29, 0.717) is 18.2 Å². The molecule has 3 rings (SSSR count). The van der Waals surface area contributed by atoms with Crippen LogP contribution in [0.5, 0.6) is 0 Å². The molecule has 1 aromatic heterocycles. The summed E-state index contributed by atoms with van der Waals surface area (Å²) < 4.78 is 0. The third-order valence-corrected chi connectivity index (χ3v) is 4.42. The Hall–Kier alpha value is -2.08. The van der Waals surface area contributed by atoms with Gasteiger partial charge in [-0.05, 0) is 66.4 Å². The summed E-state index contributed by atoms with van der Waals surface area (Å²) in [7, 11) is 0. The molecule has 1 aromatic rings. The monoisotopic (exact) mass is 265 g/mol. The molecule has 1 unspecified atom stereocenters. The maximum atomic E-state index is 9.01. The smallest absolute Gasteiger partial charge is 0.126 e. The lowest BCUT2D eigenvalue weighted by molar-refractivity contribution is 0.561. The van der Waals surface area contributed by atoms with Gasteiger partial charge in [-0.15, -0.1) is 0 Å². The highest BCUT2D eigenvalue weighted by Gasteiger charge is 2.33. The van der Waals surface area contributed by atoms with Gasteiger partial charge in [0.05, 0.1) is 6.07 Å². The van der Waals surface area contributed by atoms with Crippen LogP contribution in [0, 0.1) is 30.1 Å². The molecule has 0 radical (unpaired) electrons. The van der Waals surface area contributed by atoms with Crippen molar-refractivity contribution in [3.8, 4) is 6.07 Å². The summed E-state index contributed by atoms with van der Waals surface area (Å²) in [6.07, 6.45) is 10.4. The molecule has 0 bridgehead atoms. The summed E-state index contributed by atoms with van der Waals surface area (Å²) in [6.45, 7) is 2.02. The summed E-state index contributed by atoms with van der Waals surface area (Å²) >= 11 is 0. The number of allylic oxidation sites excluding steroid dienone is 4. The first-order chi connectivity index (χ1) is 9.70. The van der Waals surface area contributed by atoms with Crippen LogP contribution in [0.4, 0.5) is 5.82 Å². The number of pyridine rings is 1. The molecule has 3 nitrogen and oxygen atoms in total. The van der Waals surface area contributed by atoms with E-state index in [2.05, 4.69) is 23.2 Å². The van der Waals surface area contributed by atoms with E-state index in [1.807, 2.05) is 13.0 Å². The van der Waals surface area contributed by atoms with Crippen LogP contribution in [0.25, 0.3) is 5.57 Å². The number of nitrogens with two attached hydrogens (primary N) is 1. The Bertz CT molecular complexity index is 630. The van der Waals surface area contributed by atoms with Gasteiger partial charge < -0.3 is 5.73 Å². The standard InChI is InChI=1S/C17H19N3/c1-11-15(7-9-20-17(11)19)13-4-5-14(10-13)16(6-8-18)12-2-3-12/h5,7,9-10,12,16H,2-4,6H2,1H3,(H2,19,20). The highest BCUT2D eigenvalue weighted by atomic mass is 14.8. The Morgan fingerprint density at radius 2 is 2.30 bits per heavy atom. The number of nitrogen functional groups attached to an aromatic ring is 1. The van der Waals surface area contributed by atoms with Crippen molar-refractivity contribution in [3.63, 3.8) is 0 Å². The fraction of sp³-hybridized carbons (Fsp3) is 0.412. The van der Waals surface area contributed by atoms with E-state index in [1.165, 1.54) is 29.6 Å². The van der Waals surface area contributed by atoms with E-state index < -0.39 is 0 Å². The van der Waals surface area contributed by atoms with Crippen molar-refractivity contribution >= 4 is 11.4 Å². The van der Waals surface area contributed by atoms with Crippen LogP contribution in [0.15, 0.2) is 30.0 Å². The number of nitrogens with zero attached hydrogens (tertiary/aromatic N) is 2. The zero-order valence-electron chi connectivity index (χ0n) is 11.8. The lowest BCUT2D eigenvalue weighted by Gasteiger charge is -2.12. The minimum atomic E-state index is 0.428. The van der Waals surface area contributed by atoms with E-state index in [1.54, 1.807) is 6.20 Å². The van der Waals surface area contributed by atoms with Gasteiger partial charge in [0.2, 0.25) is 0 Å². The molecule has 20 heavy (non-hydrogen) atoms. The summed E-state index contributed by atoms with van der Waals surface area (Å²) in [6, 6.07) is 4.37. The van der Waals surface area contributed by atoms with Gasteiger partial charge in [-0.3, -0.25) is 0 Å². The number of hydrogen-bond acceptors (Lipinski definition) is 3. The van der Waals surface area contributed by atoms with Gasteiger partial charge in [-0.25, -0.2) is 4.98 Å². The second-order valence-corrected chi connectivity index (χ2v) is 5.75. The predicted octanol–water partition coefficient (Wildman–Crippen LogP) is 3.63. The molecule has 0 amide bonds. The lowest BCUT2D eigenvalue weighted by atomic mass is 9.91. The zero-order chi connectivity index (χ0) is 14.1. The third-order valence-electron chi connectivity index (χ3n) is 4.42. The number of anilines is 1. The van der Waals surface area contributed by atoms with Crippen LogP contribution in [0.2, 0.25) is 0 Å². The largest absolute Gasteiger partial charge is 0.383 e. The first-order valence-electron chi connectivity index (χ1n) is 7.19. The Labute approximate surface area is 119 Å². The third kappa shape index (κ3) is 2.34. The zero-order valence-corrected chi connectivity index (χ0v) is 11.8. The van der Waals surface area contributed by atoms with Crippen molar-refractivity contribution in [3.05, 3.63) is 41.1 Å². The summed E-state index contributed by atoms with van der Waals surface area (Å²) in [5.41, 5.74) is 10.8. The lowest BCUT2D eigenvalue weighted by Crippen LogP contribution is -2.03. The Morgan fingerprint density at radius 1 is 1.50 bits per heavy atom. The van der Waals surface area contributed by atoms with E-state index in [4.69, 9.17) is 11.0 Å². The SMILES string of the molecule is Cc1c(C2=CC(C(CC#N)C3CC3)=CC2)ccnc1N. The van der Waals surface area contributed by atoms with Crippen molar-refractivity contribution < 1.29 is 0 Å². The van der Waals surface area contributed by atoms with E-state index >= 15 is 0 Å². The number of rotatable bonds is 4. The second-order valence-electron chi connectivity index (χ2n) is 5.75. The minimum Gasteiger partial charge on any atom is -0.383 e. The number of aromatic nitrogens is 1. The summed E-state index contributed by atoms with van der Waals surface area (Å²) in [4.78, 5) is 4.12. The molecule has 2 aliphatic carbocycles. The molecule has 1 atom stereocenters. The van der Waals surface area contributed by atoms with Gasteiger partial charge >= 0.3 is 0 Å². The quantitative estimate of drug-likeness (QED) is 0.904. The van der Waals surface area contributed by atoms with Crippen LogP contribution < -0.4 is 5.73 Å². The molecule has 2 N–H and O–H groups in total. The van der Waals surface area contributed by atoms with Gasteiger partial charge in [0, 0.05) is 12.6 Å². The van der Waals surface area contributed by atoms with Gasteiger partial charge in [-0.1, -0.05) is 12.2 Å². The molecule has 0 saturated heterocycles. The Morgan fingerprint density at radius 3 is 3.00 bits per heavy atom. The first-order valence-corrected chi connectivity index (χ1v) is 7.19. The summed E-state index contributed by atoms with van der Waals surface area (Å²) in [5.74, 6) is 1.75. The first kappa shape index (κ1) is 12.9. The predicted molar refractivity (Wildman–Crippen MR) is 80.5 cm³/mol. The van der Waals surface area contributed by atoms with Crippen molar-refractivity contribution in [1.29, 1.82) is 5.26 Å². The molecule has 2 aliphatic rings. The van der Waals surface area contributed by atoms with Gasteiger partial charge in [-0.2, -0.15) is 5.26 Å². The highest BCUT2D eigenvalue weighted by molar-refractivity contribution is 5.76. The van der Waals surface area contributed by atoms with Gasteiger partial charge in [0.25, 0.3) is 0 Å². The molecule has 0 aliphatic heterocycles. The van der Waals surface area contributed by atoms with Crippen LogP contribution in [-0.4, -0.2) is 4.98 Å². The van der Waals surface area contributed by atoms with Crippen LogP contribution in [-0.2, 0) is 0 Å². The van der Waals surface area contributed by atoms with E-state index in [9.17, 15) is 0 Å². The minimum absolute atomic E-state index is 0.428. The average molecular weight is 265 g/mol. The van der Waals surface area contributed by atoms with Crippen LogP contribution in [0.3, 0.4) is 0 Å². The molecule has 1 saturated carbocycles. The molecule has 1 heterocycles. The van der Waals surface area contributed by atoms with Crippen molar-refractivity contribution in [2.24, 2.45) is 11.8 Å². The van der Waals surface area contributed by atoms with Gasteiger partial charge in [0.15, 0.2) is 0 Å². The highest BCUT2D eigenvalue weighted by Crippen LogP contribution is 2.45. The molecule has 3 heteroatoms. The second kappa shape index (κ2) is 5.13. The fourth-order valence-corrected chi connectivity index (χ4v) is 3.05. The van der Waals surface area contributed by atoms with Gasteiger partial charge in [0.1, 0.15) is 5.82 Å². The molecule has 0 aromatic carbocycles. The Kier molecular flexibility index (Phi) is 3.31. The molecular formula is C17H19N3. The number of hydrogen-bond donors (Lipinski definition) is 1. The van der Waals surface area contributed by atoms with Crippen molar-refractivity contribution in [1.82, 2.24) is 4.98 Å². The van der Waals surface area contributed by atoms with Crippen LogP contribution >= 0.6 is 0 Å². The summed E-state index contributed by atoms with van der Waals surface area (Å²) in [5, 5.41) is 9.01. The number of nitriles is 1. The topological polar surface area (TPSA) is 62.7 Å². The normalized spacial score (nSPS) is 19.2. The average Bonchev–Trinajstić information content (AvgIpc) is 3.17. The van der Waals surface area contributed by atoms with E-state index in [-0.39, 0.29) is 0 Å². The molecule has 1 fully saturated rings. The fourth-order valence-electron chi connectivity index (χ4n) is 3.05. The molecule has 102 valence electrons. The van der Waals surface area contributed by atoms with Crippen molar-refractivity contribution in [2.45, 2.75) is 32.6 Å². The van der Waals surface area contributed by atoms with Crippen LogP contribution in [0.1, 0.15) is 36.8 Å². The van der Waals surface area contributed by atoms with E-state index in [0.717, 1.165) is 17.9 Å². The maximum Gasteiger partial charge on any atom is 0.126 e. The Balaban J connectivity index is 1.86. The maximum absolute atomic E-state index is 9.01.